The Morgan fingerprint density at radius 2 is 1.65 bits per heavy atom. The molecule has 2 N–H and O–H groups in total. The van der Waals surface area contributed by atoms with Crippen LogP contribution in [0.4, 0.5) is 5.69 Å². The van der Waals surface area contributed by atoms with Crippen LogP contribution in [-0.4, -0.2) is 41.7 Å². The molecule has 1 aromatic heterocycles. The van der Waals surface area contributed by atoms with E-state index in [2.05, 4.69) is 10.6 Å². The Morgan fingerprint density at radius 3 is 2.32 bits per heavy atom. The molecule has 0 saturated heterocycles. The fraction of sp³-hybridized carbons (Fsp3) is 0.304. The minimum atomic E-state index is -0.773. The maximum atomic E-state index is 13.2. The van der Waals surface area contributed by atoms with E-state index in [0.29, 0.717) is 24.5 Å². The average Bonchev–Trinajstić information content (AvgIpc) is 2.83. The number of fused-ring (bicyclic) bond motifs is 1. The monoisotopic (exact) mass is 488 g/mol. The van der Waals surface area contributed by atoms with E-state index in [1.54, 1.807) is 18.2 Å². The van der Waals surface area contributed by atoms with E-state index in [1.807, 2.05) is 6.92 Å². The lowest BCUT2D eigenvalue weighted by molar-refractivity contribution is -0.121. The summed E-state index contributed by atoms with van der Waals surface area (Å²) in [5.41, 5.74) is -0.821. The fourth-order valence-electron chi connectivity index (χ4n) is 3.42. The number of carbonyl (C=O) groups is 2. The lowest BCUT2D eigenvalue weighted by Gasteiger charge is -2.16. The van der Waals surface area contributed by atoms with E-state index < -0.39 is 36.2 Å². The molecule has 0 bridgehead atoms. The predicted octanol–water partition coefficient (Wildman–Crippen LogP) is 2.00. The molecule has 0 aliphatic heterocycles. The third-order valence-corrected chi connectivity index (χ3v) is 5.35. The van der Waals surface area contributed by atoms with Crippen molar-refractivity contribution >= 4 is 40.0 Å². The normalized spacial score (nSPS) is 10.7. The lowest BCUT2D eigenvalue weighted by Crippen LogP contribution is -2.45. The first kappa shape index (κ1) is 24.8. The van der Waals surface area contributed by atoms with Gasteiger partial charge in [0.05, 0.1) is 35.8 Å². The summed E-state index contributed by atoms with van der Waals surface area (Å²) in [5, 5.41) is 5.78. The van der Waals surface area contributed by atoms with E-state index in [9.17, 15) is 19.2 Å². The average molecular weight is 489 g/mol. The standard InChI is InChI=1S/C23H25ClN4O6/c1-4-9-25-20(29)12-28-22(31)14-7-5-6-8-17(14)27(23(28)32)13-21(30)26-16-10-15(24)18(33-2)11-19(16)34-3/h5-8,10-11H,4,9,12-13H2,1-3H3,(H,25,29)(H,26,30). The molecule has 0 radical (unpaired) electrons. The van der Waals surface area contributed by atoms with E-state index in [1.165, 1.54) is 32.4 Å². The van der Waals surface area contributed by atoms with Gasteiger partial charge in [-0.15, -0.1) is 0 Å². The van der Waals surface area contributed by atoms with Gasteiger partial charge in [0.25, 0.3) is 5.56 Å². The van der Waals surface area contributed by atoms with Crippen molar-refractivity contribution in [3.8, 4) is 11.5 Å². The zero-order chi connectivity index (χ0) is 24.8. The highest BCUT2D eigenvalue weighted by atomic mass is 35.5. The molecular weight excluding hydrogens is 464 g/mol. The molecule has 2 aromatic carbocycles. The van der Waals surface area contributed by atoms with Gasteiger partial charge in [-0.1, -0.05) is 30.7 Å². The smallest absolute Gasteiger partial charge is 0.332 e. The van der Waals surface area contributed by atoms with Gasteiger partial charge in [-0.25, -0.2) is 4.79 Å². The van der Waals surface area contributed by atoms with Crippen molar-refractivity contribution in [2.75, 3.05) is 26.1 Å². The van der Waals surface area contributed by atoms with Crippen molar-refractivity contribution in [2.24, 2.45) is 0 Å². The molecule has 2 amide bonds. The molecule has 1 heterocycles. The molecular formula is C23H25ClN4O6. The number of nitrogens with zero attached hydrogens (tertiary/aromatic N) is 2. The van der Waals surface area contributed by atoms with Crippen LogP contribution in [0.5, 0.6) is 11.5 Å². The first-order valence-corrected chi connectivity index (χ1v) is 10.9. The number of nitrogens with one attached hydrogen (secondary N) is 2. The molecule has 0 aliphatic carbocycles. The number of methoxy groups -OCH3 is 2. The van der Waals surface area contributed by atoms with Crippen molar-refractivity contribution in [3.63, 3.8) is 0 Å². The molecule has 0 spiro atoms. The molecule has 11 heteroatoms. The highest BCUT2D eigenvalue weighted by molar-refractivity contribution is 6.32. The van der Waals surface area contributed by atoms with Gasteiger partial charge in [0.1, 0.15) is 24.6 Å². The van der Waals surface area contributed by atoms with Gasteiger partial charge in [-0.05, 0) is 24.6 Å². The number of benzene rings is 2. The Morgan fingerprint density at radius 1 is 0.971 bits per heavy atom. The second-order valence-corrected chi connectivity index (χ2v) is 7.77. The Bertz CT molecular complexity index is 1350. The van der Waals surface area contributed by atoms with Crippen LogP contribution in [0.3, 0.4) is 0 Å². The summed E-state index contributed by atoms with van der Waals surface area (Å²) in [5.74, 6) is -0.353. The molecule has 3 aromatic rings. The minimum Gasteiger partial charge on any atom is -0.495 e. The lowest BCUT2D eigenvalue weighted by atomic mass is 10.2. The quantitative estimate of drug-likeness (QED) is 0.475. The first-order valence-electron chi connectivity index (χ1n) is 10.5. The van der Waals surface area contributed by atoms with E-state index >= 15 is 0 Å². The van der Waals surface area contributed by atoms with Crippen molar-refractivity contribution in [2.45, 2.75) is 26.4 Å². The van der Waals surface area contributed by atoms with Gasteiger partial charge < -0.3 is 20.1 Å². The van der Waals surface area contributed by atoms with Crippen LogP contribution in [-0.2, 0) is 22.7 Å². The van der Waals surface area contributed by atoms with Gasteiger partial charge in [0.2, 0.25) is 11.8 Å². The highest BCUT2D eigenvalue weighted by Gasteiger charge is 2.18. The summed E-state index contributed by atoms with van der Waals surface area (Å²) < 4.78 is 12.4. The van der Waals surface area contributed by atoms with Crippen molar-refractivity contribution in [1.82, 2.24) is 14.5 Å². The van der Waals surface area contributed by atoms with Crippen LogP contribution in [0.25, 0.3) is 10.9 Å². The van der Waals surface area contributed by atoms with E-state index in [4.69, 9.17) is 21.1 Å². The molecule has 0 fully saturated rings. The highest BCUT2D eigenvalue weighted by Crippen LogP contribution is 2.35. The summed E-state index contributed by atoms with van der Waals surface area (Å²) in [7, 11) is 2.88. The number of carbonyl (C=O) groups excluding carboxylic acids is 2. The van der Waals surface area contributed by atoms with E-state index in [0.717, 1.165) is 9.13 Å². The Kier molecular flexibility index (Phi) is 7.95. The zero-order valence-electron chi connectivity index (χ0n) is 19.0. The van der Waals surface area contributed by atoms with Crippen LogP contribution >= 0.6 is 11.6 Å². The van der Waals surface area contributed by atoms with Gasteiger partial charge in [-0.2, -0.15) is 0 Å². The number of hydrogen-bond donors (Lipinski definition) is 2. The van der Waals surface area contributed by atoms with E-state index in [-0.39, 0.29) is 21.6 Å². The Labute approximate surface area is 200 Å². The van der Waals surface area contributed by atoms with Crippen molar-refractivity contribution < 1.29 is 19.1 Å². The third kappa shape index (κ3) is 5.23. The summed E-state index contributed by atoms with van der Waals surface area (Å²) in [6, 6.07) is 9.39. The molecule has 3 rings (SSSR count). The van der Waals surface area contributed by atoms with Crippen molar-refractivity contribution in [3.05, 3.63) is 62.3 Å². The topological polar surface area (TPSA) is 121 Å². The summed E-state index contributed by atoms with van der Waals surface area (Å²) >= 11 is 6.17. The molecule has 0 saturated carbocycles. The number of halogens is 1. The maximum Gasteiger partial charge on any atom is 0.332 e. The number of aromatic nitrogens is 2. The molecule has 10 nitrogen and oxygen atoms in total. The largest absolute Gasteiger partial charge is 0.495 e. The third-order valence-electron chi connectivity index (χ3n) is 5.06. The van der Waals surface area contributed by atoms with Crippen LogP contribution in [0.1, 0.15) is 13.3 Å². The molecule has 0 aliphatic rings. The van der Waals surface area contributed by atoms with Crippen LogP contribution < -0.4 is 31.4 Å². The van der Waals surface area contributed by atoms with Crippen molar-refractivity contribution in [1.29, 1.82) is 0 Å². The molecule has 34 heavy (non-hydrogen) atoms. The molecule has 0 unspecified atom stereocenters. The number of amides is 2. The minimum absolute atomic E-state index is 0.211. The number of hydrogen-bond acceptors (Lipinski definition) is 6. The second kappa shape index (κ2) is 10.9. The van der Waals surface area contributed by atoms with Crippen LogP contribution in [0.2, 0.25) is 5.02 Å². The summed E-state index contributed by atoms with van der Waals surface area (Å²) in [6.07, 6.45) is 0.710. The van der Waals surface area contributed by atoms with Gasteiger partial charge in [0.15, 0.2) is 0 Å². The SMILES string of the molecule is CCCNC(=O)Cn1c(=O)c2ccccc2n(CC(=O)Nc2cc(Cl)c(OC)cc2OC)c1=O. The fourth-order valence-corrected chi connectivity index (χ4v) is 3.66. The maximum absolute atomic E-state index is 13.2. The number of rotatable bonds is 9. The van der Waals surface area contributed by atoms with Gasteiger partial charge in [0, 0.05) is 12.6 Å². The second-order valence-electron chi connectivity index (χ2n) is 7.36. The number of anilines is 1. The molecule has 0 atom stereocenters. The van der Waals surface area contributed by atoms with Crippen LogP contribution in [0, 0.1) is 0 Å². The zero-order valence-corrected chi connectivity index (χ0v) is 19.8. The Hall–Kier alpha value is -3.79. The first-order chi connectivity index (χ1) is 16.3. The van der Waals surface area contributed by atoms with Crippen LogP contribution in [0.15, 0.2) is 46.0 Å². The predicted molar refractivity (Wildman–Crippen MR) is 129 cm³/mol. The number of ether oxygens (including phenoxy) is 2. The summed E-state index contributed by atoms with van der Waals surface area (Å²) in [6.45, 7) is 1.44. The summed E-state index contributed by atoms with van der Waals surface area (Å²) in [4.78, 5) is 51.2. The number of para-hydroxylation sites is 1. The van der Waals surface area contributed by atoms with Gasteiger partial charge in [-0.3, -0.25) is 23.5 Å². The Balaban J connectivity index is 1.99. The molecule has 180 valence electrons. The van der Waals surface area contributed by atoms with Gasteiger partial charge >= 0.3 is 5.69 Å².